The van der Waals surface area contributed by atoms with Gasteiger partial charge in [0.05, 0.1) is 6.61 Å². The van der Waals surface area contributed by atoms with Gasteiger partial charge in [0.2, 0.25) is 0 Å². The highest BCUT2D eigenvalue weighted by Gasteiger charge is 2.50. The Morgan fingerprint density at radius 1 is 0.479 bits per heavy atom. The Morgan fingerprint density at radius 3 is 1.35 bits per heavy atom. The second-order valence-electron chi connectivity index (χ2n) is 19.9. The van der Waals surface area contributed by atoms with E-state index in [2.05, 4.69) is 57.2 Å². The Hall–Kier alpha value is -3.06. The average Bonchev–Trinajstić information content (AvgIpc) is 3.35. The van der Waals surface area contributed by atoms with Gasteiger partial charge in [0, 0.05) is 19.3 Å². The van der Waals surface area contributed by atoms with Gasteiger partial charge in [-0.15, -0.1) is 0 Å². The summed E-state index contributed by atoms with van der Waals surface area (Å²) < 4.78 is 28.3. The van der Waals surface area contributed by atoms with Crippen LogP contribution in [0.2, 0.25) is 0 Å². The Labute approximate surface area is 431 Å². The maximum Gasteiger partial charge on any atom is 0.335 e. The highest BCUT2D eigenvalue weighted by molar-refractivity contribution is 5.74. The van der Waals surface area contributed by atoms with Crippen LogP contribution in [0, 0.1) is 0 Å². The average molecular weight is 1010 g/mol. The molecule has 0 aromatic heterocycles. The zero-order chi connectivity index (χ0) is 51.8. The minimum Gasteiger partial charge on any atom is -0.479 e. The highest BCUT2D eigenvalue weighted by Crippen LogP contribution is 2.26. The van der Waals surface area contributed by atoms with Crippen LogP contribution in [0.4, 0.5) is 0 Å². The number of rotatable bonds is 49. The number of carboxylic acid groups (broad SMARTS) is 1. The first-order valence-electron chi connectivity index (χ1n) is 29.0. The molecule has 0 amide bonds. The van der Waals surface area contributed by atoms with Crippen LogP contribution in [0.3, 0.4) is 0 Å². The smallest absolute Gasteiger partial charge is 0.335 e. The molecule has 0 radical (unpaired) electrons. The maximum absolute atomic E-state index is 13.1. The minimum absolute atomic E-state index is 0.0603. The second kappa shape index (κ2) is 47.9. The van der Waals surface area contributed by atoms with E-state index in [1.54, 1.807) is 0 Å². The van der Waals surface area contributed by atoms with Crippen molar-refractivity contribution in [2.75, 3.05) is 13.2 Å². The molecule has 0 saturated carbocycles. The summed E-state index contributed by atoms with van der Waals surface area (Å²) in [6, 6.07) is 0. The Morgan fingerprint density at radius 2 is 0.887 bits per heavy atom. The predicted molar refractivity (Wildman–Crippen MR) is 285 cm³/mol. The topological polar surface area (TPSA) is 175 Å². The molecule has 3 N–H and O–H groups in total. The predicted octanol–water partition coefficient (Wildman–Crippen LogP) is 14.5. The van der Waals surface area contributed by atoms with Gasteiger partial charge < -0.3 is 39.0 Å². The third kappa shape index (κ3) is 38.2. The van der Waals surface area contributed by atoms with E-state index in [0.717, 1.165) is 83.5 Å². The van der Waals surface area contributed by atoms with Crippen LogP contribution in [0.15, 0.2) is 36.5 Å². The monoisotopic (exact) mass is 1000 g/mol. The number of carboxylic acids is 1. The van der Waals surface area contributed by atoms with Gasteiger partial charge in [0.15, 0.2) is 24.6 Å². The van der Waals surface area contributed by atoms with Crippen LogP contribution in [0.5, 0.6) is 0 Å². The van der Waals surface area contributed by atoms with E-state index in [0.29, 0.717) is 19.3 Å². The molecular formula is C59H104O12. The SMILES string of the molecule is CC/C=C\C/C=C\C/C=C\CCCCCC(=O)OC(COC(=O)CCCCCCCCCCCCCCCCCCCCC)COC1OC(C(=O)O)C(O)C(O)C1OC(=O)CCCCCCCCCCC. The lowest BCUT2D eigenvalue weighted by Gasteiger charge is -2.40. The number of allylic oxidation sites excluding steroid dienone is 6. The van der Waals surface area contributed by atoms with Gasteiger partial charge in [-0.3, -0.25) is 14.4 Å². The van der Waals surface area contributed by atoms with Crippen molar-refractivity contribution in [1.82, 2.24) is 0 Å². The van der Waals surface area contributed by atoms with Crippen LogP contribution in [-0.4, -0.2) is 89.2 Å². The highest BCUT2D eigenvalue weighted by atomic mass is 16.7. The fourth-order valence-corrected chi connectivity index (χ4v) is 8.80. The number of hydrogen-bond donors (Lipinski definition) is 3. The molecule has 6 atom stereocenters. The number of esters is 3. The summed E-state index contributed by atoms with van der Waals surface area (Å²) in [7, 11) is 0. The summed E-state index contributed by atoms with van der Waals surface area (Å²) in [6.07, 6.45) is 42.9. The summed E-state index contributed by atoms with van der Waals surface area (Å²) in [5, 5.41) is 31.3. The number of aliphatic carboxylic acids is 1. The minimum atomic E-state index is -1.90. The van der Waals surface area contributed by atoms with E-state index in [-0.39, 0.29) is 25.9 Å². The van der Waals surface area contributed by atoms with Gasteiger partial charge in [-0.25, -0.2) is 4.79 Å². The number of carbonyl (C=O) groups is 4. The van der Waals surface area contributed by atoms with Gasteiger partial charge in [-0.05, 0) is 51.4 Å². The standard InChI is InChI=1S/C59H104O12/c1-4-7-10-13-16-19-21-23-24-25-26-27-28-30-31-34-36-39-42-45-51(60)67-48-50(69-52(61)46-43-40-38-35-32-29-22-20-17-14-11-8-5-2)49-68-59-57(55(64)54(63)56(71-59)58(65)66)70-53(62)47-44-41-37-33-18-15-12-9-6-3/h8,11,17,20,29,32,50,54-57,59,63-64H,4-7,9-10,12-16,18-19,21-28,30-31,33-49H2,1-3H3,(H,65,66)/b11-8-,20-17-,32-29-. The van der Waals surface area contributed by atoms with Gasteiger partial charge in [-0.2, -0.15) is 0 Å². The molecule has 1 aliphatic rings. The Kier molecular flexibility index (Phi) is 44.5. The van der Waals surface area contributed by atoms with E-state index < -0.39 is 67.3 Å². The Bertz CT molecular complexity index is 1380. The van der Waals surface area contributed by atoms with Gasteiger partial charge >= 0.3 is 23.9 Å². The lowest BCUT2D eigenvalue weighted by atomic mass is 9.98. The first-order chi connectivity index (χ1) is 34.6. The molecule has 6 unspecified atom stereocenters. The summed E-state index contributed by atoms with van der Waals surface area (Å²) in [6.45, 7) is 5.84. The van der Waals surface area contributed by atoms with E-state index in [1.165, 1.54) is 122 Å². The zero-order valence-electron chi connectivity index (χ0n) is 45.2. The number of aliphatic hydroxyl groups excluding tert-OH is 2. The normalized spacial score (nSPS) is 18.7. The van der Waals surface area contributed by atoms with E-state index in [4.69, 9.17) is 23.7 Å². The van der Waals surface area contributed by atoms with Crippen molar-refractivity contribution in [3.05, 3.63) is 36.5 Å². The van der Waals surface area contributed by atoms with Crippen LogP contribution in [0.25, 0.3) is 0 Å². The number of ether oxygens (including phenoxy) is 5. The summed E-state index contributed by atoms with van der Waals surface area (Å²) in [4.78, 5) is 50.9. The molecule has 1 rings (SSSR count). The van der Waals surface area contributed by atoms with Gasteiger partial charge in [-0.1, -0.05) is 231 Å². The summed E-state index contributed by atoms with van der Waals surface area (Å²) in [5.41, 5.74) is 0. The van der Waals surface area contributed by atoms with E-state index >= 15 is 0 Å². The molecule has 0 bridgehead atoms. The maximum atomic E-state index is 13.1. The number of carbonyl (C=O) groups excluding carboxylic acids is 3. The van der Waals surface area contributed by atoms with Crippen LogP contribution >= 0.6 is 0 Å². The molecule has 0 aromatic carbocycles. The molecule has 1 aliphatic heterocycles. The number of hydrogen-bond acceptors (Lipinski definition) is 11. The molecule has 0 spiro atoms. The fourth-order valence-electron chi connectivity index (χ4n) is 8.80. The van der Waals surface area contributed by atoms with Crippen molar-refractivity contribution in [2.24, 2.45) is 0 Å². The van der Waals surface area contributed by atoms with Crippen molar-refractivity contribution in [2.45, 2.75) is 302 Å². The van der Waals surface area contributed by atoms with Crippen molar-refractivity contribution in [3.8, 4) is 0 Å². The number of aliphatic hydroxyl groups is 2. The lowest BCUT2D eigenvalue weighted by molar-refractivity contribution is -0.301. The van der Waals surface area contributed by atoms with Crippen molar-refractivity contribution in [1.29, 1.82) is 0 Å². The van der Waals surface area contributed by atoms with Gasteiger partial charge in [0.1, 0.15) is 18.8 Å². The molecule has 1 saturated heterocycles. The molecule has 0 aromatic rings. The third-order valence-electron chi connectivity index (χ3n) is 13.2. The van der Waals surface area contributed by atoms with E-state index in [9.17, 15) is 34.5 Å². The third-order valence-corrected chi connectivity index (χ3v) is 13.2. The van der Waals surface area contributed by atoms with Gasteiger partial charge in [0.25, 0.3) is 0 Å². The first-order valence-corrected chi connectivity index (χ1v) is 29.0. The summed E-state index contributed by atoms with van der Waals surface area (Å²) >= 11 is 0. The fraction of sp³-hybridized carbons (Fsp3) is 0.831. The molecule has 71 heavy (non-hydrogen) atoms. The van der Waals surface area contributed by atoms with Crippen molar-refractivity contribution in [3.63, 3.8) is 0 Å². The zero-order valence-corrected chi connectivity index (χ0v) is 45.2. The molecule has 12 heteroatoms. The quantitative estimate of drug-likeness (QED) is 0.0228. The number of unbranched alkanes of at least 4 members (excludes halogenated alkanes) is 29. The van der Waals surface area contributed by atoms with Crippen molar-refractivity contribution >= 4 is 23.9 Å². The molecular weight excluding hydrogens is 901 g/mol. The second-order valence-corrected chi connectivity index (χ2v) is 19.9. The first kappa shape index (κ1) is 66.0. The molecule has 1 heterocycles. The van der Waals surface area contributed by atoms with Crippen LogP contribution in [0.1, 0.15) is 265 Å². The van der Waals surface area contributed by atoms with Crippen LogP contribution < -0.4 is 0 Å². The molecule has 1 fully saturated rings. The van der Waals surface area contributed by atoms with Crippen molar-refractivity contribution < 1.29 is 58.2 Å². The largest absolute Gasteiger partial charge is 0.479 e. The molecule has 412 valence electrons. The lowest BCUT2D eigenvalue weighted by Crippen LogP contribution is -2.61. The molecule has 0 aliphatic carbocycles. The van der Waals surface area contributed by atoms with Crippen LogP contribution in [-0.2, 0) is 42.9 Å². The summed E-state index contributed by atoms with van der Waals surface area (Å²) in [5.74, 6) is -3.14. The Balaban J connectivity index is 2.65. The molecule has 12 nitrogen and oxygen atoms in total. The van der Waals surface area contributed by atoms with E-state index in [1.807, 2.05) is 0 Å².